The van der Waals surface area contributed by atoms with Crippen LogP contribution < -0.4 is 4.74 Å². The highest BCUT2D eigenvalue weighted by Crippen LogP contribution is 2.11. The van der Waals surface area contributed by atoms with Crippen molar-refractivity contribution in [3.63, 3.8) is 0 Å². The third-order valence-corrected chi connectivity index (χ3v) is 2.51. The Hall–Kier alpha value is -1.47. The Bertz CT molecular complexity index is 422. The van der Waals surface area contributed by atoms with Crippen LogP contribution in [-0.4, -0.2) is 6.61 Å². The third-order valence-electron chi connectivity index (χ3n) is 2.26. The van der Waals surface area contributed by atoms with Gasteiger partial charge in [0.2, 0.25) is 0 Å². The molecule has 0 aliphatic rings. The van der Waals surface area contributed by atoms with Gasteiger partial charge in [-0.3, -0.25) is 0 Å². The average Bonchev–Trinajstić information content (AvgIpc) is 2.33. The molecule has 0 fully saturated rings. The molecule has 1 nitrogen and oxygen atoms in total. The minimum absolute atomic E-state index is 0.672. The normalized spacial score (nSPS) is 10.1. The Labute approximate surface area is 101 Å². The number of benzene rings is 2. The Morgan fingerprint density at radius 2 is 1.69 bits per heavy atom. The van der Waals surface area contributed by atoms with E-state index < -0.39 is 0 Å². The first kappa shape index (κ1) is 11.0. The third kappa shape index (κ3) is 3.28. The van der Waals surface area contributed by atoms with Crippen LogP contribution in [0, 0.1) is 6.07 Å². The van der Waals surface area contributed by atoms with Crippen molar-refractivity contribution < 1.29 is 4.74 Å². The highest BCUT2D eigenvalue weighted by molar-refractivity contribution is 6.30. The van der Waals surface area contributed by atoms with E-state index in [4.69, 9.17) is 16.3 Å². The molecule has 2 heteroatoms. The van der Waals surface area contributed by atoms with Crippen molar-refractivity contribution in [2.24, 2.45) is 0 Å². The summed E-state index contributed by atoms with van der Waals surface area (Å²) in [6.07, 6.45) is 0.885. The van der Waals surface area contributed by atoms with E-state index in [1.165, 1.54) is 5.56 Å². The zero-order valence-corrected chi connectivity index (χ0v) is 9.58. The van der Waals surface area contributed by atoms with Crippen LogP contribution in [-0.2, 0) is 6.42 Å². The first-order valence-corrected chi connectivity index (χ1v) is 5.56. The summed E-state index contributed by atoms with van der Waals surface area (Å²) in [6, 6.07) is 18.3. The molecular weight excluding hydrogens is 220 g/mol. The van der Waals surface area contributed by atoms with Crippen molar-refractivity contribution in [3.8, 4) is 5.75 Å². The van der Waals surface area contributed by atoms with E-state index in [2.05, 4.69) is 6.07 Å². The molecule has 0 N–H and O–H groups in total. The van der Waals surface area contributed by atoms with Crippen LogP contribution in [0.15, 0.2) is 48.5 Å². The van der Waals surface area contributed by atoms with Gasteiger partial charge in [0.25, 0.3) is 0 Å². The van der Waals surface area contributed by atoms with E-state index in [1.54, 1.807) is 0 Å². The Morgan fingerprint density at radius 1 is 1.00 bits per heavy atom. The van der Waals surface area contributed by atoms with E-state index >= 15 is 0 Å². The minimum Gasteiger partial charge on any atom is -0.493 e. The fraction of sp³-hybridized carbons (Fsp3) is 0.143. The first-order valence-electron chi connectivity index (χ1n) is 5.18. The zero-order valence-electron chi connectivity index (χ0n) is 8.82. The lowest BCUT2D eigenvalue weighted by molar-refractivity contribution is 0.322. The van der Waals surface area contributed by atoms with Crippen molar-refractivity contribution in [1.82, 2.24) is 0 Å². The maximum Gasteiger partial charge on any atom is 0.119 e. The quantitative estimate of drug-likeness (QED) is 0.779. The zero-order chi connectivity index (χ0) is 11.2. The monoisotopic (exact) mass is 231 g/mol. The topological polar surface area (TPSA) is 9.23 Å². The predicted octanol–water partition coefficient (Wildman–Crippen LogP) is 3.76. The molecule has 16 heavy (non-hydrogen) atoms. The molecule has 0 saturated carbocycles. The van der Waals surface area contributed by atoms with Crippen molar-refractivity contribution in [2.75, 3.05) is 6.61 Å². The van der Waals surface area contributed by atoms with Gasteiger partial charge in [0.1, 0.15) is 5.75 Å². The van der Waals surface area contributed by atoms with Crippen molar-refractivity contribution >= 4 is 11.6 Å². The van der Waals surface area contributed by atoms with E-state index in [9.17, 15) is 0 Å². The molecule has 1 radical (unpaired) electrons. The summed E-state index contributed by atoms with van der Waals surface area (Å²) in [6.45, 7) is 0.672. The smallest absolute Gasteiger partial charge is 0.119 e. The maximum absolute atomic E-state index is 5.81. The van der Waals surface area contributed by atoms with Crippen molar-refractivity contribution in [3.05, 3.63) is 65.2 Å². The van der Waals surface area contributed by atoms with Gasteiger partial charge in [0, 0.05) is 11.4 Å². The molecule has 0 amide bonds. The number of ether oxygens (including phenoxy) is 1. The summed E-state index contributed by atoms with van der Waals surface area (Å²) in [7, 11) is 0. The van der Waals surface area contributed by atoms with Crippen LogP contribution in [0.25, 0.3) is 0 Å². The SMILES string of the molecule is Clc1ccc(CCOc2cc[c]cc2)cc1. The van der Waals surface area contributed by atoms with Gasteiger partial charge < -0.3 is 4.74 Å². The van der Waals surface area contributed by atoms with Gasteiger partial charge >= 0.3 is 0 Å². The number of halogens is 1. The average molecular weight is 232 g/mol. The number of rotatable bonds is 4. The van der Waals surface area contributed by atoms with Gasteiger partial charge in [-0.2, -0.15) is 0 Å². The summed E-state index contributed by atoms with van der Waals surface area (Å²) in [4.78, 5) is 0. The lowest BCUT2D eigenvalue weighted by Gasteiger charge is -2.05. The fourth-order valence-corrected chi connectivity index (χ4v) is 1.53. The molecule has 0 aromatic heterocycles. The molecule has 0 unspecified atom stereocenters. The molecule has 0 heterocycles. The molecule has 0 saturated heterocycles. The highest BCUT2D eigenvalue weighted by atomic mass is 35.5. The van der Waals surface area contributed by atoms with Gasteiger partial charge in [0.05, 0.1) is 6.61 Å². The van der Waals surface area contributed by atoms with Crippen LogP contribution in [0.2, 0.25) is 5.02 Å². The summed E-state index contributed by atoms with van der Waals surface area (Å²) in [5, 5.41) is 0.767. The molecule has 2 aromatic rings. The molecular formula is C14H12ClO. The Balaban J connectivity index is 1.82. The fourth-order valence-electron chi connectivity index (χ4n) is 1.41. The molecule has 0 atom stereocenters. The maximum atomic E-state index is 5.81. The number of hydrogen-bond acceptors (Lipinski definition) is 1. The summed E-state index contributed by atoms with van der Waals surface area (Å²) in [5.74, 6) is 0.882. The first-order chi connectivity index (χ1) is 7.84. The Kier molecular flexibility index (Phi) is 3.84. The Morgan fingerprint density at radius 3 is 2.38 bits per heavy atom. The molecule has 0 bridgehead atoms. The van der Waals surface area contributed by atoms with Crippen LogP contribution in [0.4, 0.5) is 0 Å². The molecule has 0 aliphatic carbocycles. The summed E-state index contributed by atoms with van der Waals surface area (Å²) in [5.41, 5.74) is 1.23. The second kappa shape index (κ2) is 5.57. The van der Waals surface area contributed by atoms with Crippen LogP contribution in [0.5, 0.6) is 5.75 Å². The van der Waals surface area contributed by atoms with Crippen LogP contribution >= 0.6 is 11.6 Å². The molecule has 0 spiro atoms. The molecule has 0 aliphatic heterocycles. The van der Waals surface area contributed by atoms with E-state index in [1.807, 2.05) is 48.5 Å². The second-order valence-electron chi connectivity index (χ2n) is 3.46. The van der Waals surface area contributed by atoms with E-state index in [-0.39, 0.29) is 0 Å². The van der Waals surface area contributed by atoms with E-state index in [0.717, 1.165) is 17.2 Å². The van der Waals surface area contributed by atoms with E-state index in [0.29, 0.717) is 6.61 Å². The van der Waals surface area contributed by atoms with Crippen LogP contribution in [0.1, 0.15) is 5.56 Å². The van der Waals surface area contributed by atoms with Gasteiger partial charge in [-0.25, -0.2) is 0 Å². The van der Waals surface area contributed by atoms with Gasteiger partial charge in [-0.05, 0) is 35.9 Å². The van der Waals surface area contributed by atoms with Crippen LogP contribution in [0.3, 0.4) is 0 Å². The van der Waals surface area contributed by atoms with Crippen molar-refractivity contribution in [2.45, 2.75) is 6.42 Å². The van der Waals surface area contributed by atoms with Gasteiger partial charge in [-0.1, -0.05) is 35.9 Å². The molecule has 81 valence electrons. The second-order valence-corrected chi connectivity index (χ2v) is 3.90. The van der Waals surface area contributed by atoms with Gasteiger partial charge in [0.15, 0.2) is 0 Å². The molecule has 2 rings (SSSR count). The highest BCUT2D eigenvalue weighted by Gasteiger charge is 1.95. The summed E-state index contributed by atoms with van der Waals surface area (Å²) < 4.78 is 5.59. The number of hydrogen-bond donors (Lipinski definition) is 0. The largest absolute Gasteiger partial charge is 0.493 e. The lowest BCUT2D eigenvalue weighted by Crippen LogP contribution is -2.00. The van der Waals surface area contributed by atoms with Gasteiger partial charge in [-0.15, -0.1) is 0 Å². The lowest BCUT2D eigenvalue weighted by atomic mass is 10.2. The standard InChI is InChI=1S/C14H12ClO/c15-13-8-6-12(7-9-13)10-11-16-14-4-2-1-3-5-14/h2-9H,10-11H2. The predicted molar refractivity (Wildman–Crippen MR) is 65.9 cm³/mol. The summed E-state index contributed by atoms with van der Waals surface area (Å²) >= 11 is 5.81. The van der Waals surface area contributed by atoms with Crippen molar-refractivity contribution in [1.29, 1.82) is 0 Å². The molecule has 2 aromatic carbocycles. The minimum atomic E-state index is 0.672.